The Morgan fingerprint density at radius 1 is 1.06 bits per heavy atom. The summed E-state index contributed by atoms with van der Waals surface area (Å²) < 4.78 is 49.7. The molecule has 1 N–H and O–H groups in total. The molecule has 0 unspecified atom stereocenters. The van der Waals surface area contributed by atoms with Crippen LogP contribution in [0.15, 0.2) is 77.4 Å². The van der Waals surface area contributed by atoms with Crippen LogP contribution in [0.3, 0.4) is 0 Å². The zero-order valence-corrected chi connectivity index (χ0v) is 18.8. The largest absolute Gasteiger partial charge is 0.496 e. The average molecular weight is 465 g/mol. The Hall–Kier alpha value is -4.00. The first kappa shape index (κ1) is 23.2. The maximum Gasteiger partial charge on any atom is 0.416 e. The highest BCUT2D eigenvalue weighted by Gasteiger charge is 2.30. The highest BCUT2D eigenvalue weighted by Crippen LogP contribution is 2.40. The SMILES string of the molecule is COc1c(/C(C)=C/C(=O)Nc2ccc(C(F)(F)F)cc2)cc2c(-c3ccccc3)coc2c1C. The number of fused-ring (bicyclic) bond motifs is 1. The highest BCUT2D eigenvalue weighted by atomic mass is 19.4. The van der Waals surface area contributed by atoms with Gasteiger partial charge in [-0.05, 0) is 55.3 Å². The van der Waals surface area contributed by atoms with Gasteiger partial charge in [-0.1, -0.05) is 30.3 Å². The topological polar surface area (TPSA) is 51.5 Å². The van der Waals surface area contributed by atoms with Crippen LogP contribution in [0.1, 0.15) is 23.6 Å². The number of ether oxygens (including phenoxy) is 1. The van der Waals surface area contributed by atoms with Crippen LogP contribution in [0.25, 0.3) is 27.7 Å². The summed E-state index contributed by atoms with van der Waals surface area (Å²) in [5.41, 5.74) is 4.25. The van der Waals surface area contributed by atoms with Crippen molar-refractivity contribution in [2.24, 2.45) is 0 Å². The number of nitrogens with one attached hydrogen (secondary N) is 1. The molecule has 0 bridgehead atoms. The monoisotopic (exact) mass is 465 g/mol. The van der Waals surface area contributed by atoms with Crippen molar-refractivity contribution in [2.45, 2.75) is 20.0 Å². The number of benzene rings is 3. The molecule has 0 aliphatic carbocycles. The van der Waals surface area contributed by atoms with Gasteiger partial charge in [0.25, 0.3) is 0 Å². The number of allylic oxidation sites excluding steroid dienone is 1. The van der Waals surface area contributed by atoms with Crippen molar-refractivity contribution in [1.82, 2.24) is 0 Å². The van der Waals surface area contributed by atoms with Crippen LogP contribution in [0.5, 0.6) is 5.75 Å². The molecule has 4 rings (SSSR count). The molecule has 0 fully saturated rings. The van der Waals surface area contributed by atoms with E-state index in [0.717, 1.165) is 34.2 Å². The first-order chi connectivity index (χ1) is 16.2. The molecule has 34 heavy (non-hydrogen) atoms. The molecule has 0 radical (unpaired) electrons. The Morgan fingerprint density at radius 2 is 1.74 bits per heavy atom. The van der Waals surface area contributed by atoms with E-state index in [-0.39, 0.29) is 5.69 Å². The molecular weight excluding hydrogens is 443 g/mol. The van der Waals surface area contributed by atoms with Gasteiger partial charge in [-0.3, -0.25) is 4.79 Å². The second-order valence-electron chi connectivity index (χ2n) is 7.87. The molecule has 0 atom stereocenters. The molecule has 0 aliphatic heterocycles. The Balaban J connectivity index is 1.68. The van der Waals surface area contributed by atoms with Gasteiger partial charge >= 0.3 is 6.18 Å². The fourth-order valence-corrected chi connectivity index (χ4v) is 3.91. The first-order valence-corrected chi connectivity index (χ1v) is 10.5. The molecule has 1 aromatic heterocycles. The van der Waals surface area contributed by atoms with E-state index in [1.807, 2.05) is 43.3 Å². The summed E-state index contributed by atoms with van der Waals surface area (Å²) in [5, 5.41) is 3.49. The molecule has 4 nitrogen and oxygen atoms in total. The van der Waals surface area contributed by atoms with Gasteiger partial charge in [0, 0.05) is 33.8 Å². The van der Waals surface area contributed by atoms with E-state index >= 15 is 0 Å². The van der Waals surface area contributed by atoms with Crippen LogP contribution in [-0.2, 0) is 11.0 Å². The predicted molar refractivity (Wildman–Crippen MR) is 127 cm³/mol. The van der Waals surface area contributed by atoms with Crippen LogP contribution in [0.2, 0.25) is 0 Å². The van der Waals surface area contributed by atoms with Crippen molar-refractivity contribution < 1.29 is 27.1 Å². The predicted octanol–water partition coefficient (Wildman–Crippen LogP) is 7.48. The molecular formula is C27H22F3NO3. The lowest BCUT2D eigenvalue weighted by Crippen LogP contribution is -2.10. The fourth-order valence-electron chi connectivity index (χ4n) is 3.91. The number of aryl methyl sites for hydroxylation is 1. The Kier molecular flexibility index (Phi) is 6.20. The third-order valence-corrected chi connectivity index (χ3v) is 5.59. The number of carbonyl (C=O) groups is 1. The molecule has 0 saturated carbocycles. The highest BCUT2D eigenvalue weighted by molar-refractivity contribution is 6.06. The lowest BCUT2D eigenvalue weighted by atomic mass is 9.96. The number of anilines is 1. The smallest absolute Gasteiger partial charge is 0.416 e. The van der Waals surface area contributed by atoms with Crippen molar-refractivity contribution >= 4 is 28.1 Å². The zero-order valence-electron chi connectivity index (χ0n) is 18.8. The van der Waals surface area contributed by atoms with Gasteiger partial charge < -0.3 is 14.5 Å². The van der Waals surface area contributed by atoms with Gasteiger partial charge in [-0.15, -0.1) is 0 Å². The van der Waals surface area contributed by atoms with Crippen molar-refractivity contribution in [3.63, 3.8) is 0 Å². The van der Waals surface area contributed by atoms with E-state index in [1.165, 1.54) is 18.2 Å². The molecule has 174 valence electrons. The maximum atomic E-state index is 12.8. The van der Waals surface area contributed by atoms with Gasteiger partial charge in [0.15, 0.2) is 0 Å². The summed E-state index contributed by atoms with van der Waals surface area (Å²) in [6.45, 7) is 3.66. The summed E-state index contributed by atoms with van der Waals surface area (Å²) in [5.74, 6) is 0.116. The number of rotatable bonds is 5. The number of methoxy groups -OCH3 is 1. The quantitative estimate of drug-likeness (QED) is 0.311. The number of furan rings is 1. The summed E-state index contributed by atoms with van der Waals surface area (Å²) in [6.07, 6.45) is -1.34. The summed E-state index contributed by atoms with van der Waals surface area (Å²) in [6, 6.07) is 16.0. The Labute approximate surface area is 194 Å². The van der Waals surface area contributed by atoms with E-state index in [9.17, 15) is 18.0 Å². The van der Waals surface area contributed by atoms with E-state index in [0.29, 0.717) is 22.5 Å². The van der Waals surface area contributed by atoms with E-state index in [4.69, 9.17) is 9.15 Å². The van der Waals surface area contributed by atoms with Crippen LogP contribution in [0.4, 0.5) is 18.9 Å². The standard InChI is InChI=1S/C27H22F3NO3/c1-16(13-24(32)31-20-11-9-19(10-12-20)27(28,29)30)21-14-22-23(18-7-5-4-6-8-18)15-34-26(22)17(2)25(21)33-3/h4-15H,1-3H3,(H,31,32)/b16-13+. The minimum Gasteiger partial charge on any atom is -0.496 e. The normalized spacial score (nSPS) is 12.1. The number of hydrogen-bond donors (Lipinski definition) is 1. The molecule has 0 saturated heterocycles. The lowest BCUT2D eigenvalue weighted by Gasteiger charge is -2.13. The molecule has 1 amide bonds. The first-order valence-electron chi connectivity index (χ1n) is 10.5. The van der Waals surface area contributed by atoms with Gasteiger partial charge in [0.05, 0.1) is 18.9 Å². The third-order valence-electron chi connectivity index (χ3n) is 5.59. The lowest BCUT2D eigenvalue weighted by molar-refractivity contribution is -0.137. The van der Waals surface area contributed by atoms with Crippen LogP contribution >= 0.6 is 0 Å². The summed E-state index contributed by atoms with van der Waals surface area (Å²) in [4.78, 5) is 12.6. The van der Waals surface area contributed by atoms with Crippen LogP contribution in [0, 0.1) is 6.92 Å². The van der Waals surface area contributed by atoms with Gasteiger partial charge in [-0.2, -0.15) is 13.2 Å². The van der Waals surface area contributed by atoms with E-state index < -0.39 is 17.6 Å². The van der Waals surface area contributed by atoms with E-state index in [1.54, 1.807) is 20.3 Å². The number of alkyl halides is 3. The van der Waals surface area contributed by atoms with E-state index in [2.05, 4.69) is 5.32 Å². The molecule has 0 spiro atoms. The maximum absolute atomic E-state index is 12.8. The Morgan fingerprint density at radius 3 is 2.35 bits per heavy atom. The van der Waals surface area contributed by atoms with Crippen molar-refractivity contribution in [3.8, 4) is 16.9 Å². The fraction of sp³-hybridized carbons (Fsp3) is 0.148. The zero-order chi connectivity index (χ0) is 24.5. The summed E-state index contributed by atoms with van der Waals surface area (Å²) >= 11 is 0. The number of amides is 1. The van der Waals surface area contributed by atoms with Gasteiger partial charge in [0.1, 0.15) is 11.3 Å². The number of hydrogen-bond acceptors (Lipinski definition) is 3. The van der Waals surface area contributed by atoms with Crippen LogP contribution in [-0.4, -0.2) is 13.0 Å². The van der Waals surface area contributed by atoms with Crippen LogP contribution < -0.4 is 10.1 Å². The van der Waals surface area contributed by atoms with Crippen molar-refractivity contribution in [3.05, 3.63) is 89.7 Å². The summed E-state index contributed by atoms with van der Waals surface area (Å²) in [7, 11) is 1.55. The number of carbonyl (C=O) groups excluding carboxylic acids is 1. The van der Waals surface area contributed by atoms with Crippen molar-refractivity contribution in [1.29, 1.82) is 0 Å². The second kappa shape index (κ2) is 9.09. The Bertz CT molecular complexity index is 1370. The van der Waals surface area contributed by atoms with Gasteiger partial charge in [0.2, 0.25) is 5.91 Å². The number of halogens is 3. The second-order valence-corrected chi connectivity index (χ2v) is 7.87. The molecule has 4 aromatic rings. The molecule has 3 aromatic carbocycles. The third kappa shape index (κ3) is 4.55. The molecule has 1 heterocycles. The average Bonchev–Trinajstić information content (AvgIpc) is 3.23. The molecule has 0 aliphatic rings. The molecule has 7 heteroatoms. The van der Waals surface area contributed by atoms with Crippen molar-refractivity contribution in [2.75, 3.05) is 12.4 Å². The minimum atomic E-state index is -4.43. The van der Waals surface area contributed by atoms with Gasteiger partial charge in [-0.25, -0.2) is 0 Å². The minimum absolute atomic E-state index is 0.266.